The van der Waals surface area contributed by atoms with E-state index in [2.05, 4.69) is 10.2 Å². The van der Waals surface area contributed by atoms with Crippen molar-refractivity contribution in [3.63, 3.8) is 0 Å². The van der Waals surface area contributed by atoms with Crippen molar-refractivity contribution >= 4 is 17.0 Å². The van der Waals surface area contributed by atoms with Crippen molar-refractivity contribution in [1.82, 2.24) is 14.8 Å². The molecular formula is C35H37F3N4O3. The van der Waals surface area contributed by atoms with E-state index in [9.17, 15) is 19.6 Å². The number of aliphatic hydroxyl groups is 1. The molecule has 5 rings (SSSR count). The summed E-state index contributed by atoms with van der Waals surface area (Å²) >= 11 is 0. The molecule has 0 saturated carbocycles. The zero-order chi connectivity index (χ0) is 32.3. The number of carbonyl (C=O) groups excluding carboxylic acids is 1. The maximum absolute atomic E-state index is 15.9. The minimum absolute atomic E-state index is 0.0133. The minimum atomic E-state index is -1.14. The quantitative estimate of drug-likeness (QED) is 0.185. The summed E-state index contributed by atoms with van der Waals surface area (Å²) in [7, 11) is 0. The highest BCUT2D eigenvalue weighted by Crippen LogP contribution is 2.39. The number of carbonyl (C=O) groups is 1. The van der Waals surface area contributed by atoms with Crippen LogP contribution in [0.25, 0.3) is 33.2 Å². The van der Waals surface area contributed by atoms with Crippen LogP contribution in [0.4, 0.5) is 18.0 Å². The summed E-state index contributed by atoms with van der Waals surface area (Å²) in [6, 6.07) is 14.5. The first-order valence-electron chi connectivity index (χ1n) is 15.2. The number of hydrogen-bond donors (Lipinski definition) is 2. The molecule has 236 valence electrons. The Morgan fingerprint density at radius 3 is 2.60 bits per heavy atom. The minimum Gasteiger partial charge on any atom is -0.450 e. The molecule has 7 nitrogen and oxygen atoms in total. The van der Waals surface area contributed by atoms with Crippen LogP contribution in [0.5, 0.6) is 0 Å². The number of rotatable bonds is 10. The Labute approximate surface area is 260 Å². The van der Waals surface area contributed by atoms with Crippen LogP contribution in [0.2, 0.25) is 0 Å². The first-order valence-corrected chi connectivity index (χ1v) is 15.2. The summed E-state index contributed by atoms with van der Waals surface area (Å²) in [6.07, 6.45) is 3.69. The van der Waals surface area contributed by atoms with Crippen molar-refractivity contribution in [1.29, 1.82) is 5.26 Å². The van der Waals surface area contributed by atoms with Gasteiger partial charge in [0.05, 0.1) is 29.8 Å². The molecule has 1 amide bonds. The molecule has 1 aromatic heterocycles. The van der Waals surface area contributed by atoms with Crippen LogP contribution >= 0.6 is 0 Å². The fourth-order valence-electron chi connectivity index (χ4n) is 5.85. The number of halogens is 3. The van der Waals surface area contributed by atoms with Gasteiger partial charge >= 0.3 is 6.09 Å². The summed E-state index contributed by atoms with van der Waals surface area (Å²) < 4.78 is 53.0. The van der Waals surface area contributed by atoms with Crippen molar-refractivity contribution in [2.45, 2.75) is 64.8 Å². The van der Waals surface area contributed by atoms with E-state index in [0.29, 0.717) is 41.8 Å². The topological polar surface area (TPSA) is 90.5 Å². The first kappa shape index (κ1) is 32.1. The Balaban J connectivity index is 1.48. The monoisotopic (exact) mass is 618 g/mol. The average Bonchev–Trinajstić information content (AvgIpc) is 3.60. The van der Waals surface area contributed by atoms with Crippen molar-refractivity contribution < 1.29 is 27.8 Å². The van der Waals surface area contributed by atoms with Gasteiger partial charge in [0, 0.05) is 42.8 Å². The normalized spacial score (nSPS) is 15.4. The summed E-state index contributed by atoms with van der Waals surface area (Å²) in [4.78, 5) is 14.3. The number of ether oxygens (including phenoxy) is 1. The number of aromatic nitrogens is 1. The lowest BCUT2D eigenvalue weighted by Gasteiger charge is -2.20. The summed E-state index contributed by atoms with van der Waals surface area (Å²) in [5.41, 5.74) is 0.935. The standard InChI is InChI=1S/C35H37F3N4O3/c1-4-5-14-45-34(43)40-26-11-12-41(20-26)19-22-6-9-27(28(15-22)23-7-8-25(18-39)30(36)17-23)29-16-24-10-13-42(21-35(2,3)44)33(24)32(38)31(29)37/h6-10,13,15-17,26,44H,4-5,11-12,14,19-21H2,1-3H3,(H,40,43)/t26-/m0/s1. The van der Waals surface area contributed by atoms with Crippen LogP contribution in [0.3, 0.4) is 0 Å². The number of fused-ring (bicyclic) bond motifs is 1. The third kappa shape index (κ3) is 7.32. The molecule has 1 aliphatic rings. The van der Waals surface area contributed by atoms with E-state index in [1.54, 1.807) is 44.3 Å². The average molecular weight is 619 g/mol. The van der Waals surface area contributed by atoms with E-state index in [1.807, 2.05) is 25.1 Å². The molecule has 4 aromatic rings. The number of benzene rings is 3. The second-order valence-electron chi connectivity index (χ2n) is 12.3. The van der Waals surface area contributed by atoms with Gasteiger partial charge in [-0.2, -0.15) is 5.26 Å². The molecule has 3 aromatic carbocycles. The van der Waals surface area contributed by atoms with Gasteiger partial charge in [-0.3, -0.25) is 4.90 Å². The molecule has 1 atom stereocenters. The van der Waals surface area contributed by atoms with Crippen LogP contribution in [0.1, 0.15) is 51.2 Å². The molecule has 1 saturated heterocycles. The lowest BCUT2D eigenvalue weighted by molar-refractivity contribution is 0.0627. The van der Waals surface area contributed by atoms with Crippen LogP contribution in [0, 0.1) is 28.8 Å². The van der Waals surface area contributed by atoms with Gasteiger partial charge in [-0.05, 0) is 79.3 Å². The second-order valence-corrected chi connectivity index (χ2v) is 12.3. The molecule has 1 aliphatic heterocycles. The number of nitrogens with zero attached hydrogens (tertiary/aromatic N) is 3. The molecule has 0 radical (unpaired) electrons. The molecule has 0 unspecified atom stereocenters. The number of nitriles is 1. The van der Waals surface area contributed by atoms with E-state index < -0.39 is 29.1 Å². The van der Waals surface area contributed by atoms with Crippen LogP contribution in [-0.2, 0) is 17.8 Å². The van der Waals surface area contributed by atoms with Crippen LogP contribution < -0.4 is 5.32 Å². The molecule has 45 heavy (non-hydrogen) atoms. The van der Waals surface area contributed by atoms with Gasteiger partial charge < -0.3 is 19.7 Å². The zero-order valence-electron chi connectivity index (χ0n) is 25.7. The van der Waals surface area contributed by atoms with E-state index in [-0.39, 0.29) is 29.2 Å². The predicted octanol–water partition coefficient (Wildman–Crippen LogP) is 7.14. The summed E-state index contributed by atoms with van der Waals surface area (Å²) in [5, 5.41) is 22.9. The third-order valence-corrected chi connectivity index (χ3v) is 8.00. The van der Waals surface area contributed by atoms with E-state index in [0.717, 1.165) is 31.4 Å². The lowest BCUT2D eigenvalue weighted by atomic mass is 9.91. The number of likely N-dealkylation sites (tertiary alicyclic amines) is 1. The van der Waals surface area contributed by atoms with Crippen molar-refractivity contribution in [3.05, 3.63) is 83.3 Å². The number of nitrogens with one attached hydrogen (secondary N) is 1. The third-order valence-electron chi connectivity index (χ3n) is 8.00. The van der Waals surface area contributed by atoms with Gasteiger partial charge in [0.2, 0.25) is 0 Å². The Bertz CT molecular complexity index is 1760. The number of alkyl carbamates (subject to hydrolysis) is 1. The number of unbranched alkanes of at least 4 members (excludes halogenated alkanes) is 1. The number of amides is 1. The fraction of sp³-hybridized carbons (Fsp3) is 0.371. The van der Waals surface area contributed by atoms with Gasteiger partial charge in [0.25, 0.3) is 0 Å². The molecule has 0 bridgehead atoms. The van der Waals surface area contributed by atoms with Crippen molar-refractivity contribution in [2.75, 3.05) is 19.7 Å². The van der Waals surface area contributed by atoms with Gasteiger partial charge in [-0.15, -0.1) is 0 Å². The summed E-state index contributed by atoms with van der Waals surface area (Å²) in [5.74, 6) is -2.81. The molecule has 1 fully saturated rings. The SMILES string of the molecule is CCCCOC(=O)N[C@H]1CCN(Cc2ccc(-c3cc4ccn(CC(C)(C)O)c4c(F)c3F)c(-c3ccc(C#N)c(F)c3)c2)C1. The first-order chi connectivity index (χ1) is 21.5. The highest BCUT2D eigenvalue weighted by Gasteiger charge is 2.26. The van der Waals surface area contributed by atoms with Gasteiger partial charge in [0.15, 0.2) is 11.6 Å². The maximum atomic E-state index is 15.9. The van der Waals surface area contributed by atoms with Gasteiger partial charge in [-0.1, -0.05) is 31.5 Å². The van der Waals surface area contributed by atoms with Gasteiger partial charge in [0.1, 0.15) is 11.9 Å². The Kier molecular flexibility index (Phi) is 9.51. The predicted molar refractivity (Wildman–Crippen MR) is 167 cm³/mol. The van der Waals surface area contributed by atoms with Gasteiger partial charge in [-0.25, -0.2) is 18.0 Å². The van der Waals surface area contributed by atoms with Crippen molar-refractivity contribution in [3.8, 4) is 28.3 Å². The number of hydrogen-bond acceptors (Lipinski definition) is 5. The van der Waals surface area contributed by atoms with Crippen LogP contribution in [-0.4, -0.2) is 52.0 Å². The lowest BCUT2D eigenvalue weighted by Crippen LogP contribution is -2.37. The zero-order valence-corrected chi connectivity index (χ0v) is 25.7. The Morgan fingerprint density at radius 1 is 1.09 bits per heavy atom. The summed E-state index contributed by atoms with van der Waals surface area (Å²) in [6.45, 7) is 7.53. The molecular weight excluding hydrogens is 581 g/mol. The van der Waals surface area contributed by atoms with E-state index in [1.165, 1.54) is 16.7 Å². The highest BCUT2D eigenvalue weighted by atomic mass is 19.2. The molecule has 2 N–H and O–H groups in total. The van der Waals surface area contributed by atoms with Crippen molar-refractivity contribution in [2.24, 2.45) is 0 Å². The molecule has 10 heteroatoms. The highest BCUT2D eigenvalue weighted by molar-refractivity contribution is 5.91. The fourth-order valence-corrected chi connectivity index (χ4v) is 5.85. The largest absolute Gasteiger partial charge is 0.450 e. The Hall–Kier alpha value is -4.33. The van der Waals surface area contributed by atoms with E-state index in [4.69, 9.17) is 4.74 Å². The smallest absolute Gasteiger partial charge is 0.407 e. The van der Waals surface area contributed by atoms with Crippen LogP contribution in [0.15, 0.2) is 54.7 Å². The van der Waals surface area contributed by atoms with E-state index >= 15 is 8.78 Å². The second kappa shape index (κ2) is 13.3. The molecule has 0 spiro atoms. The molecule has 0 aliphatic carbocycles. The maximum Gasteiger partial charge on any atom is 0.407 e. The molecule has 2 heterocycles. The Morgan fingerprint density at radius 2 is 1.89 bits per heavy atom.